The third kappa shape index (κ3) is 6.73. The fourth-order valence-corrected chi connectivity index (χ4v) is 5.68. The Kier molecular flexibility index (Phi) is 8.39. The smallest absolute Gasteiger partial charge is 0.127 e. The Morgan fingerprint density at radius 1 is 0.362 bits per heavy atom. The summed E-state index contributed by atoms with van der Waals surface area (Å²) in [5, 5.41) is 0. The first kappa shape index (κ1) is 29.5. The zero-order valence-corrected chi connectivity index (χ0v) is 26.2. The summed E-state index contributed by atoms with van der Waals surface area (Å²) in [4.78, 5) is 4.54. The summed E-state index contributed by atoms with van der Waals surface area (Å²) in [6, 6.07) is 62.7. The molecular formula is C43H35N3O. The molecule has 0 unspecified atom stereocenters. The number of para-hydroxylation sites is 2. The van der Waals surface area contributed by atoms with Gasteiger partial charge in [0.25, 0.3) is 0 Å². The second-order valence-electron chi connectivity index (χ2n) is 11.4. The number of rotatable bonds is 9. The van der Waals surface area contributed by atoms with E-state index >= 15 is 0 Å². The molecule has 0 bridgehead atoms. The maximum Gasteiger partial charge on any atom is 0.127 e. The van der Waals surface area contributed by atoms with Gasteiger partial charge in [-0.3, -0.25) is 0 Å². The minimum Gasteiger partial charge on any atom is -0.457 e. The summed E-state index contributed by atoms with van der Waals surface area (Å²) in [5.41, 5.74) is 16.6. The van der Waals surface area contributed by atoms with Crippen molar-refractivity contribution < 1.29 is 4.74 Å². The van der Waals surface area contributed by atoms with Crippen molar-refractivity contribution in [3.05, 3.63) is 188 Å². The van der Waals surface area contributed by atoms with Gasteiger partial charge < -0.3 is 20.3 Å². The van der Waals surface area contributed by atoms with E-state index in [1.165, 1.54) is 5.56 Å². The van der Waals surface area contributed by atoms with Gasteiger partial charge in [0, 0.05) is 39.8 Å². The fourth-order valence-electron chi connectivity index (χ4n) is 5.68. The normalized spacial score (nSPS) is 10.7. The number of aryl methyl sites for hydroxylation is 1. The molecule has 228 valence electrons. The highest BCUT2D eigenvalue weighted by Crippen LogP contribution is 2.38. The number of benzene rings is 7. The molecular weight excluding hydrogens is 574 g/mol. The van der Waals surface area contributed by atoms with Crippen molar-refractivity contribution in [2.45, 2.75) is 6.92 Å². The predicted molar refractivity (Wildman–Crippen MR) is 197 cm³/mol. The quantitative estimate of drug-likeness (QED) is 0.165. The first-order chi connectivity index (χ1) is 23.1. The van der Waals surface area contributed by atoms with Gasteiger partial charge in [0.2, 0.25) is 0 Å². The summed E-state index contributed by atoms with van der Waals surface area (Å²) < 4.78 is 6.05. The van der Waals surface area contributed by atoms with Crippen LogP contribution in [0.25, 0.3) is 11.1 Å². The molecule has 0 spiro atoms. The minimum atomic E-state index is 0.710. The van der Waals surface area contributed by atoms with Crippen LogP contribution < -0.4 is 20.3 Å². The third-order valence-electron chi connectivity index (χ3n) is 8.12. The Morgan fingerprint density at radius 2 is 0.681 bits per heavy atom. The molecule has 0 aliphatic heterocycles. The van der Waals surface area contributed by atoms with Crippen molar-refractivity contribution in [1.82, 2.24) is 0 Å². The molecule has 0 aliphatic carbocycles. The van der Waals surface area contributed by atoms with Crippen LogP contribution in [0.1, 0.15) is 5.56 Å². The van der Waals surface area contributed by atoms with Crippen LogP contribution in [0.4, 0.5) is 39.8 Å². The molecule has 7 rings (SSSR count). The molecule has 0 saturated heterocycles. The lowest BCUT2D eigenvalue weighted by Crippen LogP contribution is -2.10. The van der Waals surface area contributed by atoms with E-state index in [2.05, 4.69) is 156 Å². The molecule has 0 radical (unpaired) electrons. The van der Waals surface area contributed by atoms with Gasteiger partial charge in [-0.15, -0.1) is 0 Å². The summed E-state index contributed by atoms with van der Waals surface area (Å²) in [7, 11) is 0. The van der Waals surface area contributed by atoms with Gasteiger partial charge in [-0.25, -0.2) is 0 Å². The average Bonchev–Trinajstić information content (AvgIpc) is 3.13. The Balaban J connectivity index is 1.15. The second-order valence-corrected chi connectivity index (χ2v) is 11.4. The molecule has 0 amide bonds. The standard InChI is InChI=1S/C43H35N3O/c1-32-12-20-38(21-13-32)45(36-8-4-2-5-9-36)39-22-14-33(15-23-39)34-16-24-40(25-17-34)46(37-10-6-3-7-11-37)41-26-30-43(31-27-41)47-42-28-18-35(44)19-29-42/h2-31H,44H2,1H3. The third-order valence-corrected chi connectivity index (χ3v) is 8.12. The highest BCUT2D eigenvalue weighted by atomic mass is 16.5. The summed E-state index contributed by atoms with van der Waals surface area (Å²) in [6.07, 6.45) is 0. The SMILES string of the molecule is Cc1ccc(N(c2ccccc2)c2ccc(-c3ccc(N(c4ccccc4)c4ccc(Oc5ccc(N)cc5)cc4)cc3)cc2)cc1. The van der Waals surface area contributed by atoms with Gasteiger partial charge in [0.1, 0.15) is 11.5 Å². The van der Waals surface area contributed by atoms with E-state index in [4.69, 9.17) is 10.5 Å². The molecule has 47 heavy (non-hydrogen) atoms. The zero-order chi connectivity index (χ0) is 32.0. The van der Waals surface area contributed by atoms with Gasteiger partial charge in [0.05, 0.1) is 0 Å². The lowest BCUT2D eigenvalue weighted by Gasteiger charge is -2.26. The van der Waals surface area contributed by atoms with Gasteiger partial charge >= 0.3 is 0 Å². The molecule has 0 atom stereocenters. The molecule has 0 heterocycles. The van der Waals surface area contributed by atoms with E-state index < -0.39 is 0 Å². The highest BCUT2D eigenvalue weighted by Gasteiger charge is 2.15. The number of nitrogens with zero attached hydrogens (tertiary/aromatic N) is 2. The first-order valence-corrected chi connectivity index (χ1v) is 15.7. The van der Waals surface area contributed by atoms with Crippen molar-refractivity contribution in [2.24, 2.45) is 0 Å². The lowest BCUT2D eigenvalue weighted by atomic mass is 10.0. The lowest BCUT2D eigenvalue weighted by molar-refractivity contribution is 0.483. The number of nitrogens with two attached hydrogens (primary N) is 1. The summed E-state index contributed by atoms with van der Waals surface area (Å²) in [6.45, 7) is 2.12. The van der Waals surface area contributed by atoms with Crippen molar-refractivity contribution >= 4 is 39.8 Å². The molecule has 0 aromatic heterocycles. The van der Waals surface area contributed by atoms with Crippen LogP contribution in [-0.2, 0) is 0 Å². The van der Waals surface area contributed by atoms with E-state index in [1.54, 1.807) is 0 Å². The second kappa shape index (κ2) is 13.4. The Labute approximate surface area is 276 Å². The number of hydrogen-bond donors (Lipinski definition) is 1. The number of anilines is 7. The molecule has 0 saturated carbocycles. The molecule has 4 heteroatoms. The van der Waals surface area contributed by atoms with E-state index in [0.717, 1.165) is 56.8 Å². The predicted octanol–water partition coefficient (Wildman–Crippen LogP) is 12.0. The van der Waals surface area contributed by atoms with E-state index in [0.29, 0.717) is 5.69 Å². The Bertz CT molecular complexity index is 2020. The zero-order valence-electron chi connectivity index (χ0n) is 26.2. The average molecular weight is 610 g/mol. The van der Waals surface area contributed by atoms with Crippen LogP contribution in [0, 0.1) is 6.92 Å². The van der Waals surface area contributed by atoms with Crippen LogP contribution >= 0.6 is 0 Å². The highest BCUT2D eigenvalue weighted by molar-refractivity contribution is 5.80. The monoisotopic (exact) mass is 609 g/mol. The topological polar surface area (TPSA) is 41.7 Å². The van der Waals surface area contributed by atoms with Crippen LogP contribution in [0.2, 0.25) is 0 Å². The van der Waals surface area contributed by atoms with Gasteiger partial charge in [0.15, 0.2) is 0 Å². The molecule has 7 aromatic rings. The molecule has 7 aromatic carbocycles. The largest absolute Gasteiger partial charge is 0.457 e. The van der Waals surface area contributed by atoms with Crippen molar-refractivity contribution in [1.29, 1.82) is 0 Å². The Morgan fingerprint density at radius 3 is 1.09 bits per heavy atom. The van der Waals surface area contributed by atoms with Crippen LogP contribution in [0.15, 0.2) is 182 Å². The van der Waals surface area contributed by atoms with Gasteiger partial charge in [-0.1, -0.05) is 78.4 Å². The number of nitrogen functional groups attached to an aromatic ring is 1. The van der Waals surface area contributed by atoms with Crippen molar-refractivity contribution in [3.8, 4) is 22.6 Å². The van der Waals surface area contributed by atoms with Crippen LogP contribution in [0.3, 0.4) is 0 Å². The maximum absolute atomic E-state index is 6.05. The number of ether oxygens (including phenoxy) is 1. The fraction of sp³-hybridized carbons (Fsp3) is 0.0233. The molecule has 2 N–H and O–H groups in total. The van der Waals surface area contributed by atoms with E-state index in [9.17, 15) is 0 Å². The summed E-state index contributed by atoms with van der Waals surface area (Å²) >= 11 is 0. The maximum atomic E-state index is 6.05. The van der Waals surface area contributed by atoms with E-state index in [1.807, 2.05) is 42.5 Å². The van der Waals surface area contributed by atoms with Crippen molar-refractivity contribution in [3.63, 3.8) is 0 Å². The van der Waals surface area contributed by atoms with Gasteiger partial charge in [-0.2, -0.15) is 0 Å². The molecule has 0 fully saturated rings. The summed E-state index contributed by atoms with van der Waals surface area (Å²) in [5.74, 6) is 1.51. The number of hydrogen-bond acceptors (Lipinski definition) is 4. The van der Waals surface area contributed by atoms with Crippen LogP contribution in [-0.4, -0.2) is 0 Å². The first-order valence-electron chi connectivity index (χ1n) is 15.7. The van der Waals surface area contributed by atoms with Gasteiger partial charge in [-0.05, 0) is 127 Å². The molecule has 4 nitrogen and oxygen atoms in total. The van der Waals surface area contributed by atoms with Crippen molar-refractivity contribution in [2.75, 3.05) is 15.5 Å². The molecule has 0 aliphatic rings. The van der Waals surface area contributed by atoms with Crippen LogP contribution in [0.5, 0.6) is 11.5 Å². The van der Waals surface area contributed by atoms with E-state index in [-0.39, 0.29) is 0 Å². The Hall–Kier alpha value is -6.26. The minimum absolute atomic E-state index is 0.710.